The number of ether oxygens (including phenoxy) is 1. The first kappa shape index (κ1) is 16.4. The van der Waals surface area contributed by atoms with E-state index in [-0.39, 0.29) is 18.1 Å². The summed E-state index contributed by atoms with van der Waals surface area (Å²) in [5, 5.41) is 18.0. The van der Waals surface area contributed by atoms with Crippen molar-refractivity contribution < 1.29 is 19.1 Å². The number of nitrogens with zero attached hydrogens (tertiary/aromatic N) is 2. The molecule has 0 bridgehead atoms. The van der Waals surface area contributed by atoms with E-state index in [9.17, 15) is 14.7 Å². The molecule has 7 nitrogen and oxygen atoms in total. The van der Waals surface area contributed by atoms with E-state index in [4.69, 9.17) is 9.15 Å². The average Bonchev–Trinajstić information content (AvgIpc) is 2.48. The van der Waals surface area contributed by atoms with Gasteiger partial charge in [0.2, 0.25) is 5.70 Å². The van der Waals surface area contributed by atoms with Crippen molar-refractivity contribution in [3.05, 3.63) is 51.7 Å². The zero-order valence-corrected chi connectivity index (χ0v) is 13.0. The lowest BCUT2D eigenvalue weighted by atomic mass is 10.1. The Kier molecular flexibility index (Phi) is 4.90. The number of carbonyl (C=O) groups is 1. The van der Waals surface area contributed by atoms with Crippen LogP contribution in [0.2, 0.25) is 0 Å². The van der Waals surface area contributed by atoms with Crippen molar-refractivity contribution in [2.24, 2.45) is 10.2 Å². The Morgan fingerprint density at radius 3 is 2.74 bits per heavy atom. The van der Waals surface area contributed by atoms with Crippen LogP contribution in [0.25, 0.3) is 11.0 Å². The van der Waals surface area contributed by atoms with Crippen molar-refractivity contribution in [2.45, 2.75) is 20.8 Å². The molecule has 2 rings (SSSR count). The molecule has 0 aliphatic carbocycles. The zero-order chi connectivity index (χ0) is 17.0. The maximum Gasteiger partial charge on any atom is 0.362 e. The predicted octanol–water partition coefficient (Wildman–Crippen LogP) is 3.54. The highest BCUT2D eigenvalue weighted by molar-refractivity contribution is 5.88. The minimum absolute atomic E-state index is 0.166. The number of azo groups is 1. The molecule has 0 unspecified atom stereocenters. The van der Waals surface area contributed by atoms with E-state index in [2.05, 4.69) is 10.2 Å². The van der Waals surface area contributed by atoms with Gasteiger partial charge in [-0.25, -0.2) is 9.59 Å². The average molecular weight is 316 g/mol. The highest BCUT2D eigenvalue weighted by atomic mass is 16.5. The molecular weight excluding hydrogens is 300 g/mol. The van der Waals surface area contributed by atoms with Crippen LogP contribution in [0.1, 0.15) is 19.4 Å². The van der Waals surface area contributed by atoms with Gasteiger partial charge >= 0.3 is 11.6 Å². The predicted molar refractivity (Wildman–Crippen MR) is 83.7 cm³/mol. The van der Waals surface area contributed by atoms with Gasteiger partial charge in [0.05, 0.1) is 12.3 Å². The van der Waals surface area contributed by atoms with Crippen molar-refractivity contribution in [2.75, 3.05) is 6.61 Å². The monoisotopic (exact) mass is 316 g/mol. The van der Waals surface area contributed by atoms with Crippen LogP contribution in [0, 0.1) is 6.92 Å². The van der Waals surface area contributed by atoms with E-state index in [1.807, 2.05) is 0 Å². The molecule has 1 aromatic carbocycles. The summed E-state index contributed by atoms with van der Waals surface area (Å²) in [4.78, 5) is 22.9. The third-order valence-electron chi connectivity index (χ3n) is 3.01. The maximum atomic E-state index is 11.7. The number of fused-ring (bicyclic) bond motifs is 1. The SMILES string of the molecule is CCOC(=O)/C(N=Nc1cc2ccc(=O)oc2cc1C)=C(/C)O. The van der Waals surface area contributed by atoms with E-state index in [1.165, 1.54) is 13.0 Å². The maximum absolute atomic E-state index is 11.7. The first-order chi connectivity index (χ1) is 10.9. The van der Waals surface area contributed by atoms with Crippen LogP contribution in [-0.2, 0) is 9.53 Å². The van der Waals surface area contributed by atoms with Crippen molar-refractivity contribution >= 4 is 22.6 Å². The van der Waals surface area contributed by atoms with E-state index < -0.39 is 11.6 Å². The number of carbonyl (C=O) groups excluding carboxylic acids is 1. The van der Waals surface area contributed by atoms with Crippen LogP contribution in [-0.4, -0.2) is 17.7 Å². The van der Waals surface area contributed by atoms with Gasteiger partial charge in [0.15, 0.2) is 0 Å². The highest BCUT2D eigenvalue weighted by Crippen LogP contribution is 2.26. The molecule has 0 fully saturated rings. The van der Waals surface area contributed by atoms with E-state index in [0.717, 1.165) is 0 Å². The first-order valence-corrected chi connectivity index (χ1v) is 6.95. The molecular formula is C16H16N2O5. The summed E-state index contributed by atoms with van der Waals surface area (Å²) in [7, 11) is 0. The topological polar surface area (TPSA) is 101 Å². The number of hydrogen-bond donors (Lipinski definition) is 1. The van der Waals surface area contributed by atoms with Gasteiger partial charge in [-0.3, -0.25) is 0 Å². The second-order valence-corrected chi connectivity index (χ2v) is 4.79. The van der Waals surface area contributed by atoms with Crippen molar-refractivity contribution in [1.82, 2.24) is 0 Å². The fraction of sp³-hybridized carbons (Fsp3) is 0.250. The summed E-state index contributed by atoms with van der Waals surface area (Å²) in [6.07, 6.45) is 0. The fourth-order valence-electron chi connectivity index (χ4n) is 1.88. The third-order valence-corrected chi connectivity index (χ3v) is 3.01. The van der Waals surface area contributed by atoms with Crippen LogP contribution in [0.5, 0.6) is 0 Å². The van der Waals surface area contributed by atoms with Crippen molar-refractivity contribution in [1.29, 1.82) is 0 Å². The van der Waals surface area contributed by atoms with Crippen LogP contribution < -0.4 is 5.63 Å². The Labute approximate surface area is 131 Å². The molecule has 1 aromatic heterocycles. The third kappa shape index (κ3) is 3.82. The van der Waals surface area contributed by atoms with Crippen LogP contribution in [0.4, 0.5) is 5.69 Å². The normalized spacial score (nSPS) is 12.5. The summed E-state index contributed by atoms with van der Waals surface area (Å²) in [6.45, 7) is 4.91. The minimum Gasteiger partial charge on any atom is -0.510 e. The number of aliphatic hydroxyl groups is 1. The molecule has 0 saturated heterocycles. The lowest BCUT2D eigenvalue weighted by Crippen LogP contribution is -2.07. The molecule has 120 valence electrons. The number of esters is 1. The summed E-state index contributed by atoms with van der Waals surface area (Å²) in [6, 6.07) is 6.25. The number of aliphatic hydroxyl groups excluding tert-OH is 1. The minimum atomic E-state index is -0.749. The molecule has 0 radical (unpaired) electrons. The van der Waals surface area contributed by atoms with Crippen LogP contribution in [0.3, 0.4) is 0 Å². The highest BCUT2D eigenvalue weighted by Gasteiger charge is 2.14. The largest absolute Gasteiger partial charge is 0.510 e. The van der Waals surface area contributed by atoms with Gasteiger partial charge in [0.25, 0.3) is 0 Å². The van der Waals surface area contributed by atoms with Crippen molar-refractivity contribution in [3.8, 4) is 0 Å². The van der Waals surface area contributed by atoms with Crippen LogP contribution >= 0.6 is 0 Å². The Morgan fingerprint density at radius 2 is 2.09 bits per heavy atom. The first-order valence-electron chi connectivity index (χ1n) is 6.95. The Bertz CT molecular complexity index is 860. The summed E-state index contributed by atoms with van der Waals surface area (Å²) in [5.41, 5.74) is 0.929. The lowest BCUT2D eigenvalue weighted by molar-refractivity contribution is -0.138. The van der Waals surface area contributed by atoms with Crippen LogP contribution in [0.15, 0.2) is 55.2 Å². The quantitative estimate of drug-likeness (QED) is 0.305. The summed E-state index contributed by atoms with van der Waals surface area (Å²) >= 11 is 0. The molecule has 1 N–H and O–H groups in total. The van der Waals surface area contributed by atoms with Gasteiger partial charge in [-0.1, -0.05) is 0 Å². The van der Waals surface area contributed by atoms with Gasteiger partial charge in [-0.15, -0.1) is 10.2 Å². The number of allylic oxidation sites excluding steroid dienone is 1. The zero-order valence-electron chi connectivity index (χ0n) is 13.0. The lowest BCUT2D eigenvalue weighted by Gasteiger charge is -2.04. The molecule has 7 heteroatoms. The van der Waals surface area contributed by atoms with Gasteiger partial charge in [-0.05, 0) is 44.5 Å². The molecule has 0 saturated carbocycles. The molecule has 2 aromatic rings. The van der Waals surface area contributed by atoms with E-state index in [1.54, 1.807) is 32.0 Å². The number of hydrogen-bond acceptors (Lipinski definition) is 7. The smallest absolute Gasteiger partial charge is 0.362 e. The second-order valence-electron chi connectivity index (χ2n) is 4.79. The standard InChI is InChI=1S/C16H16N2O5/c1-4-22-16(21)15(10(3)19)18-17-12-8-11-5-6-14(20)23-13(11)7-9(12)2/h5-8,19H,4H2,1-3H3/b15-10+,18-17?. The molecule has 0 aliphatic heterocycles. The Hall–Kier alpha value is -2.96. The van der Waals surface area contributed by atoms with Crippen molar-refractivity contribution in [3.63, 3.8) is 0 Å². The number of benzene rings is 1. The van der Waals surface area contributed by atoms with E-state index >= 15 is 0 Å². The van der Waals surface area contributed by atoms with Gasteiger partial charge in [0.1, 0.15) is 11.3 Å². The Balaban J connectivity index is 2.42. The molecule has 1 heterocycles. The molecule has 0 amide bonds. The molecule has 0 aliphatic rings. The van der Waals surface area contributed by atoms with Gasteiger partial charge in [-0.2, -0.15) is 0 Å². The fourth-order valence-corrected chi connectivity index (χ4v) is 1.88. The van der Waals surface area contributed by atoms with Gasteiger partial charge < -0.3 is 14.3 Å². The second kappa shape index (κ2) is 6.87. The molecule has 0 atom stereocenters. The molecule has 23 heavy (non-hydrogen) atoms. The number of aryl methyl sites for hydroxylation is 1. The summed E-state index contributed by atoms with van der Waals surface area (Å²) < 4.78 is 9.89. The summed E-state index contributed by atoms with van der Waals surface area (Å²) in [5.74, 6) is -1.03. The Morgan fingerprint density at radius 1 is 1.35 bits per heavy atom. The van der Waals surface area contributed by atoms with E-state index in [0.29, 0.717) is 22.2 Å². The number of rotatable bonds is 4. The van der Waals surface area contributed by atoms with Gasteiger partial charge in [0, 0.05) is 11.5 Å². The molecule has 0 spiro atoms.